The molecule has 0 radical (unpaired) electrons. The number of carbonyl (C=O) groups excluding carboxylic acids is 1. The molecule has 164 valence electrons. The van der Waals surface area contributed by atoms with Crippen LogP contribution in [-0.2, 0) is 9.53 Å². The molecule has 4 aromatic rings. The number of hydrogen-bond donors (Lipinski definition) is 0. The van der Waals surface area contributed by atoms with Crippen LogP contribution in [0.5, 0.6) is 11.5 Å². The molecule has 0 saturated carbocycles. The van der Waals surface area contributed by atoms with Crippen molar-refractivity contribution in [1.29, 1.82) is 5.26 Å². The van der Waals surface area contributed by atoms with Gasteiger partial charge in [0.2, 0.25) is 6.10 Å². The summed E-state index contributed by atoms with van der Waals surface area (Å²) in [6.45, 7) is 3.98. The van der Waals surface area contributed by atoms with Gasteiger partial charge in [-0.3, -0.25) is 4.79 Å². The van der Waals surface area contributed by atoms with Gasteiger partial charge in [-0.15, -0.1) is 0 Å². The number of rotatable bonds is 7. The fourth-order valence-electron chi connectivity index (χ4n) is 4.00. The van der Waals surface area contributed by atoms with Gasteiger partial charge in [0.05, 0.1) is 5.92 Å². The first kappa shape index (κ1) is 22.1. The number of fused-ring (bicyclic) bond motifs is 1. The molecule has 0 heterocycles. The molecule has 0 aromatic heterocycles. The Labute approximate surface area is 194 Å². The van der Waals surface area contributed by atoms with Crippen LogP contribution < -0.4 is 4.74 Å². The van der Waals surface area contributed by atoms with Crippen LogP contribution >= 0.6 is 0 Å². The van der Waals surface area contributed by atoms with Crippen molar-refractivity contribution >= 4 is 16.7 Å². The van der Waals surface area contributed by atoms with Crippen LogP contribution in [0, 0.1) is 17.2 Å². The van der Waals surface area contributed by atoms with Crippen molar-refractivity contribution in [3.8, 4) is 17.6 Å². The molecule has 0 N–H and O–H groups in total. The summed E-state index contributed by atoms with van der Waals surface area (Å²) in [6.07, 6.45) is -1.03. The van der Waals surface area contributed by atoms with Crippen LogP contribution in [0.3, 0.4) is 0 Å². The van der Waals surface area contributed by atoms with Gasteiger partial charge in [-0.05, 0) is 46.5 Å². The summed E-state index contributed by atoms with van der Waals surface area (Å²) in [7, 11) is 0. The lowest BCUT2D eigenvalue weighted by molar-refractivity contribution is -0.149. The Kier molecular flexibility index (Phi) is 6.71. The van der Waals surface area contributed by atoms with E-state index < -0.39 is 18.0 Å². The minimum atomic E-state index is -1.03. The molecule has 0 spiro atoms. The Morgan fingerprint density at radius 1 is 0.818 bits per heavy atom. The van der Waals surface area contributed by atoms with Crippen LogP contribution in [0.2, 0.25) is 0 Å². The summed E-state index contributed by atoms with van der Waals surface area (Å²) in [6, 6.07) is 32.5. The highest BCUT2D eigenvalue weighted by Gasteiger charge is 2.30. The highest BCUT2D eigenvalue weighted by molar-refractivity contribution is 5.91. The number of benzene rings is 4. The lowest BCUT2D eigenvalue weighted by atomic mass is 9.85. The van der Waals surface area contributed by atoms with Gasteiger partial charge in [-0.2, -0.15) is 5.26 Å². The molecule has 0 bridgehead atoms. The smallest absolute Gasteiger partial charge is 0.315 e. The van der Waals surface area contributed by atoms with E-state index in [0.29, 0.717) is 17.1 Å². The summed E-state index contributed by atoms with van der Waals surface area (Å²) in [4.78, 5) is 13.3. The van der Waals surface area contributed by atoms with E-state index in [1.54, 1.807) is 24.3 Å². The standard InChI is InChI=1S/C29H25NO3/c1-20(2)28(26-17-9-11-21-10-6-7-16-25(21)26)29(31)33-27(19-30)22-12-8-15-24(18-22)32-23-13-4-3-5-14-23/h3-18,20,27-28H,1-2H3. The first-order valence-electron chi connectivity index (χ1n) is 11.0. The summed E-state index contributed by atoms with van der Waals surface area (Å²) >= 11 is 0. The molecule has 4 rings (SSSR count). The Bertz CT molecular complexity index is 1290. The third kappa shape index (κ3) is 5.05. The number of nitriles is 1. The van der Waals surface area contributed by atoms with Crippen molar-refractivity contribution in [2.75, 3.05) is 0 Å². The lowest BCUT2D eigenvalue weighted by Gasteiger charge is -2.23. The van der Waals surface area contributed by atoms with E-state index in [2.05, 4.69) is 6.07 Å². The third-order valence-electron chi connectivity index (χ3n) is 5.57. The topological polar surface area (TPSA) is 59.3 Å². The second-order valence-electron chi connectivity index (χ2n) is 8.22. The van der Waals surface area contributed by atoms with Crippen molar-refractivity contribution in [3.63, 3.8) is 0 Å². The average molecular weight is 436 g/mol. The zero-order valence-corrected chi connectivity index (χ0v) is 18.6. The zero-order chi connectivity index (χ0) is 23.2. The first-order valence-corrected chi connectivity index (χ1v) is 11.0. The van der Waals surface area contributed by atoms with E-state index in [4.69, 9.17) is 9.47 Å². The Balaban J connectivity index is 1.59. The maximum Gasteiger partial charge on any atom is 0.315 e. The highest BCUT2D eigenvalue weighted by atomic mass is 16.5. The van der Waals surface area contributed by atoms with Crippen molar-refractivity contribution < 1.29 is 14.3 Å². The molecule has 33 heavy (non-hydrogen) atoms. The molecule has 4 heteroatoms. The van der Waals surface area contributed by atoms with Crippen LogP contribution in [0.25, 0.3) is 10.8 Å². The van der Waals surface area contributed by atoms with Gasteiger partial charge in [-0.25, -0.2) is 0 Å². The van der Waals surface area contributed by atoms with Crippen LogP contribution in [-0.4, -0.2) is 5.97 Å². The van der Waals surface area contributed by atoms with Crippen molar-refractivity contribution in [2.45, 2.75) is 25.9 Å². The lowest BCUT2D eigenvalue weighted by Crippen LogP contribution is -2.23. The Morgan fingerprint density at radius 2 is 1.48 bits per heavy atom. The molecule has 0 saturated heterocycles. The summed E-state index contributed by atoms with van der Waals surface area (Å²) in [5.74, 6) is 0.355. The molecular weight excluding hydrogens is 410 g/mol. The highest BCUT2D eigenvalue weighted by Crippen LogP contribution is 2.34. The number of ether oxygens (including phenoxy) is 2. The summed E-state index contributed by atoms with van der Waals surface area (Å²) in [5.41, 5.74) is 1.48. The molecule has 4 aromatic carbocycles. The van der Waals surface area contributed by atoms with E-state index in [1.165, 1.54) is 0 Å². The quantitative estimate of drug-likeness (QED) is 0.289. The number of carbonyl (C=O) groups is 1. The second kappa shape index (κ2) is 10.0. The van der Waals surface area contributed by atoms with Crippen LogP contribution in [0.1, 0.15) is 37.0 Å². The molecule has 2 unspecified atom stereocenters. The van der Waals surface area contributed by atoms with E-state index in [9.17, 15) is 10.1 Å². The fraction of sp³-hybridized carbons (Fsp3) is 0.172. The van der Waals surface area contributed by atoms with Gasteiger partial charge in [0.1, 0.15) is 17.6 Å². The van der Waals surface area contributed by atoms with Crippen molar-refractivity contribution in [1.82, 2.24) is 0 Å². The summed E-state index contributed by atoms with van der Waals surface area (Å²) < 4.78 is 11.6. The minimum Gasteiger partial charge on any atom is -0.457 e. The van der Waals surface area contributed by atoms with E-state index in [0.717, 1.165) is 16.3 Å². The van der Waals surface area contributed by atoms with Crippen LogP contribution in [0.15, 0.2) is 97.1 Å². The summed E-state index contributed by atoms with van der Waals surface area (Å²) in [5, 5.41) is 11.9. The van der Waals surface area contributed by atoms with E-state index >= 15 is 0 Å². The van der Waals surface area contributed by atoms with Gasteiger partial charge in [0.15, 0.2) is 0 Å². The second-order valence-corrected chi connectivity index (χ2v) is 8.22. The van der Waals surface area contributed by atoms with E-state index in [1.807, 2.05) is 86.6 Å². The van der Waals surface area contributed by atoms with Gasteiger partial charge in [-0.1, -0.05) is 86.6 Å². The number of nitrogens with zero attached hydrogens (tertiary/aromatic N) is 1. The molecule has 2 atom stereocenters. The monoisotopic (exact) mass is 435 g/mol. The largest absolute Gasteiger partial charge is 0.457 e. The minimum absolute atomic E-state index is 0.00426. The fourth-order valence-corrected chi connectivity index (χ4v) is 4.00. The number of esters is 1. The molecule has 0 aliphatic carbocycles. The van der Waals surface area contributed by atoms with E-state index in [-0.39, 0.29) is 5.92 Å². The van der Waals surface area contributed by atoms with Gasteiger partial charge >= 0.3 is 5.97 Å². The third-order valence-corrected chi connectivity index (χ3v) is 5.57. The predicted octanol–water partition coefficient (Wildman–Crippen LogP) is 7.18. The Hall–Kier alpha value is -4.10. The van der Waals surface area contributed by atoms with Crippen LogP contribution in [0.4, 0.5) is 0 Å². The maximum absolute atomic E-state index is 13.3. The SMILES string of the molecule is CC(C)C(C(=O)OC(C#N)c1cccc(Oc2ccccc2)c1)c1cccc2ccccc12. The predicted molar refractivity (Wildman–Crippen MR) is 129 cm³/mol. The average Bonchev–Trinajstić information content (AvgIpc) is 2.83. The number of para-hydroxylation sites is 1. The molecule has 0 aliphatic rings. The molecule has 0 fully saturated rings. The van der Waals surface area contributed by atoms with Gasteiger partial charge in [0, 0.05) is 5.56 Å². The number of hydrogen-bond acceptors (Lipinski definition) is 4. The molecular formula is C29H25NO3. The molecule has 0 aliphatic heterocycles. The van der Waals surface area contributed by atoms with Gasteiger partial charge < -0.3 is 9.47 Å². The first-order chi connectivity index (χ1) is 16.1. The zero-order valence-electron chi connectivity index (χ0n) is 18.6. The molecule has 4 nitrogen and oxygen atoms in total. The Morgan fingerprint density at radius 3 is 2.24 bits per heavy atom. The van der Waals surface area contributed by atoms with Crippen molar-refractivity contribution in [2.24, 2.45) is 5.92 Å². The normalized spacial score (nSPS) is 12.7. The molecule has 0 amide bonds. The maximum atomic E-state index is 13.3. The van der Waals surface area contributed by atoms with Crippen molar-refractivity contribution in [3.05, 3.63) is 108 Å². The van der Waals surface area contributed by atoms with Gasteiger partial charge in [0.25, 0.3) is 0 Å².